The third-order valence-electron chi connectivity index (χ3n) is 6.72. The molecule has 10 nitrogen and oxygen atoms in total. The molecule has 194 valence electrons. The van der Waals surface area contributed by atoms with Gasteiger partial charge in [-0.3, -0.25) is 19.2 Å². The first-order chi connectivity index (χ1) is 17.4. The molecule has 2 aliphatic heterocycles. The Balaban J connectivity index is 1.57. The summed E-state index contributed by atoms with van der Waals surface area (Å²) in [6.45, 7) is 3.35. The van der Waals surface area contributed by atoms with Gasteiger partial charge >= 0.3 is 5.97 Å². The van der Waals surface area contributed by atoms with Crippen molar-refractivity contribution in [3.05, 3.63) is 34.1 Å². The van der Waals surface area contributed by atoms with Crippen LogP contribution in [-0.4, -0.2) is 72.3 Å². The smallest absolute Gasteiger partial charge is 0.308 e. The van der Waals surface area contributed by atoms with Crippen molar-refractivity contribution in [1.29, 1.82) is 0 Å². The van der Waals surface area contributed by atoms with Crippen LogP contribution in [0, 0.1) is 5.92 Å². The number of benzene rings is 1. The molecule has 1 atom stereocenters. The van der Waals surface area contributed by atoms with E-state index in [1.165, 1.54) is 13.3 Å². The molecular weight excluding hydrogens is 486 g/mol. The Labute approximate surface area is 213 Å². The van der Waals surface area contributed by atoms with Crippen molar-refractivity contribution in [2.45, 2.75) is 38.8 Å². The summed E-state index contributed by atoms with van der Waals surface area (Å²) in [6.07, 6.45) is 4.92. The average Bonchev–Trinajstić information content (AvgIpc) is 3.37. The number of amides is 2. The van der Waals surface area contributed by atoms with Gasteiger partial charge in [0.2, 0.25) is 18.1 Å². The summed E-state index contributed by atoms with van der Waals surface area (Å²) in [6, 6.07) is 2.57. The molecule has 1 aromatic heterocycles. The summed E-state index contributed by atoms with van der Waals surface area (Å²) in [5.74, 6) is 0.393. The van der Waals surface area contributed by atoms with E-state index in [4.69, 9.17) is 14.2 Å². The Hall–Kier alpha value is -3.21. The van der Waals surface area contributed by atoms with Gasteiger partial charge in [0.05, 0.1) is 23.9 Å². The van der Waals surface area contributed by atoms with E-state index >= 15 is 0 Å². The van der Waals surface area contributed by atoms with E-state index in [0.717, 1.165) is 0 Å². The molecule has 3 heterocycles. The number of piperidine rings is 1. The molecular formula is C25H31N3O7S. The van der Waals surface area contributed by atoms with E-state index < -0.39 is 17.4 Å². The van der Waals surface area contributed by atoms with Crippen LogP contribution in [0.25, 0.3) is 10.9 Å². The zero-order chi connectivity index (χ0) is 25.8. The van der Waals surface area contributed by atoms with Gasteiger partial charge < -0.3 is 29.0 Å². The second-order valence-electron chi connectivity index (χ2n) is 8.81. The number of ether oxygens (including phenoxy) is 3. The lowest BCUT2D eigenvalue weighted by molar-refractivity contribution is -0.149. The molecule has 4 rings (SSSR count). The summed E-state index contributed by atoms with van der Waals surface area (Å²) in [5, 5.41) is 3.17. The number of pyridine rings is 1. The molecule has 2 amide bonds. The lowest BCUT2D eigenvalue weighted by Crippen LogP contribution is -2.52. The maximum absolute atomic E-state index is 13.3. The molecule has 36 heavy (non-hydrogen) atoms. The van der Waals surface area contributed by atoms with Crippen LogP contribution in [-0.2, 0) is 20.9 Å². The normalized spacial score (nSPS) is 16.1. The van der Waals surface area contributed by atoms with E-state index in [1.807, 2.05) is 17.7 Å². The van der Waals surface area contributed by atoms with Crippen LogP contribution in [0.5, 0.6) is 11.5 Å². The van der Waals surface area contributed by atoms with Gasteiger partial charge in [0.15, 0.2) is 11.5 Å². The highest BCUT2D eigenvalue weighted by Gasteiger charge is 2.32. The van der Waals surface area contributed by atoms with Crippen LogP contribution < -0.4 is 20.2 Å². The summed E-state index contributed by atoms with van der Waals surface area (Å²) in [7, 11) is 1.36. The highest BCUT2D eigenvalue weighted by Crippen LogP contribution is 2.35. The van der Waals surface area contributed by atoms with Gasteiger partial charge in [-0.25, -0.2) is 0 Å². The van der Waals surface area contributed by atoms with Crippen molar-refractivity contribution >= 4 is 40.4 Å². The maximum atomic E-state index is 13.3. The summed E-state index contributed by atoms with van der Waals surface area (Å²) in [4.78, 5) is 53.5. The first-order valence-corrected chi connectivity index (χ1v) is 13.4. The second-order valence-corrected chi connectivity index (χ2v) is 9.80. The number of thioether (sulfide) groups is 1. The number of methoxy groups -OCH3 is 1. The van der Waals surface area contributed by atoms with Gasteiger partial charge in [-0.15, -0.1) is 0 Å². The van der Waals surface area contributed by atoms with Crippen LogP contribution in [0.3, 0.4) is 0 Å². The van der Waals surface area contributed by atoms with Crippen LogP contribution in [0.2, 0.25) is 0 Å². The number of aryl methyl sites for hydroxylation is 1. The predicted molar refractivity (Wildman–Crippen MR) is 136 cm³/mol. The van der Waals surface area contributed by atoms with Crippen molar-refractivity contribution < 1.29 is 28.6 Å². The van der Waals surface area contributed by atoms with E-state index in [2.05, 4.69) is 5.32 Å². The summed E-state index contributed by atoms with van der Waals surface area (Å²) >= 11 is 1.57. The number of hydrogen-bond acceptors (Lipinski definition) is 8. The topological polar surface area (TPSA) is 116 Å². The monoisotopic (exact) mass is 517 g/mol. The number of nitrogens with one attached hydrogen (secondary N) is 1. The zero-order valence-electron chi connectivity index (χ0n) is 20.7. The third-order valence-corrected chi connectivity index (χ3v) is 7.36. The number of nitrogens with zero attached hydrogens (tertiary/aromatic N) is 2. The van der Waals surface area contributed by atoms with E-state index in [1.54, 1.807) is 28.8 Å². The minimum Gasteiger partial charge on any atom is -0.469 e. The van der Waals surface area contributed by atoms with Crippen LogP contribution in [0.4, 0.5) is 0 Å². The molecule has 0 bridgehead atoms. The van der Waals surface area contributed by atoms with Crippen molar-refractivity contribution in [3.8, 4) is 11.5 Å². The van der Waals surface area contributed by atoms with Gasteiger partial charge in [-0.05, 0) is 44.3 Å². The number of hydrogen-bond donors (Lipinski definition) is 1. The standard InChI is InChI=1S/C25H31N3O7S/c1-4-27-13-17(22(29)16-11-20-21(12-19(16)27)35-14-34-20)23(30)26-18(7-10-36-3)24(31)28-8-5-15(6-9-28)25(32)33-2/h11-13,15,18H,4-10,14H2,1-3H3,(H,26,30)/t18-/m0/s1. The van der Waals surface area contributed by atoms with Gasteiger partial charge in [-0.2, -0.15) is 11.8 Å². The highest BCUT2D eigenvalue weighted by atomic mass is 32.2. The molecule has 11 heteroatoms. The Bertz CT molecular complexity index is 1220. The lowest BCUT2D eigenvalue weighted by atomic mass is 9.96. The maximum Gasteiger partial charge on any atom is 0.308 e. The number of esters is 1. The SMILES string of the molecule is CCn1cc(C(=O)N[C@@H](CCSC)C(=O)N2CCC(C(=O)OC)CC2)c(=O)c2cc3c(cc21)OCO3. The van der Waals surface area contributed by atoms with Gasteiger partial charge in [0.1, 0.15) is 11.6 Å². The molecule has 0 saturated carbocycles. The van der Waals surface area contributed by atoms with E-state index in [0.29, 0.717) is 67.1 Å². The third kappa shape index (κ3) is 5.16. The van der Waals surface area contributed by atoms with Crippen molar-refractivity contribution in [2.75, 3.05) is 39.0 Å². The van der Waals surface area contributed by atoms with Crippen LogP contribution >= 0.6 is 11.8 Å². The Morgan fingerprint density at radius 3 is 2.53 bits per heavy atom. The molecule has 0 radical (unpaired) electrons. The molecule has 2 aliphatic rings. The van der Waals surface area contributed by atoms with Crippen molar-refractivity contribution in [3.63, 3.8) is 0 Å². The fourth-order valence-corrected chi connectivity index (χ4v) is 5.13. The molecule has 1 saturated heterocycles. The van der Waals surface area contributed by atoms with Crippen molar-refractivity contribution in [1.82, 2.24) is 14.8 Å². The molecule has 1 aromatic carbocycles. The number of likely N-dealkylation sites (tertiary alicyclic amines) is 1. The van der Waals surface area contributed by atoms with Crippen molar-refractivity contribution in [2.24, 2.45) is 5.92 Å². The van der Waals surface area contributed by atoms with Gasteiger partial charge in [0, 0.05) is 31.9 Å². The van der Waals surface area contributed by atoms with E-state index in [9.17, 15) is 19.2 Å². The van der Waals surface area contributed by atoms with Gasteiger partial charge in [-0.1, -0.05) is 0 Å². The fourth-order valence-electron chi connectivity index (χ4n) is 4.65. The number of carbonyl (C=O) groups excluding carboxylic acids is 3. The number of rotatable bonds is 8. The summed E-state index contributed by atoms with van der Waals surface area (Å²) in [5.41, 5.74) is 0.182. The lowest BCUT2D eigenvalue weighted by Gasteiger charge is -2.33. The minimum absolute atomic E-state index is 0.0328. The number of aromatic nitrogens is 1. The Morgan fingerprint density at radius 1 is 1.19 bits per heavy atom. The quantitative estimate of drug-likeness (QED) is 0.529. The minimum atomic E-state index is -0.776. The Morgan fingerprint density at radius 2 is 1.89 bits per heavy atom. The fraction of sp³-hybridized carbons (Fsp3) is 0.520. The zero-order valence-corrected chi connectivity index (χ0v) is 21.5. The largest absolute Gasteiger partial charge is 0.469 e. The first kappa shape index (κ1) is 25.9. The Kier molecular flexibility index (Phi) is 8.07. The molecule has 0 aliphatic carbocycles. The summed E-state index contributed by atoms with van der Waals surface area (Å²) < 4.78 is 17.5. The highest BCUT2D eigenvalue weighted by molar-refractivity contribution is 7.98. The first-order valence-electron chi connectivity index (χ1n) is 12.0. The van der Waals surface area contributed by atoms with Gasteiger partial charge in [0.25, 0.3) is 5.91 Å². The van der Waals surface area contributed by atoms with E-state index in [-0.39, 0.29) is 30.2 Å². The molecule has 0 spiro atoms. The second kappa shape index (κ2) is 11.2. The molecule has 0 unspecified atom stereocenters. The number of fused-ring (bicyclic) bond motifs is 2. The molecule has 1 fully saturated rings. The molecule has 1 N–H and O–H groups in total. The van der Waals surface area contributed by atoms with Crippen LogP contribution in [0.15, 0.2) is 23.1 Å². The van der Waals surface area contributed by atoms with Crippen LogP contribution in [0.1, 0.15) is 36.5 Å². The average molecular weight is 518 g/mol. The molecule has 2 aromatic rings. The predicted octanol–water partition coefficient (Wildman–Crippen LogP) is 2.01. The number of carbonyl (C=O) groups is 3.